The summed E-state index contributed by atoms with van der Waals surface area (Å²) in [6.07, 6.45) is 1.03. The molecule has 1 aliphatic heterocycles. The van der Waals surface area contributed by atoms with Gasteiger partial charge >= 0.3 is 0 Å². The Kier molecular flexibility index (Phi) is 8.37. The first-order chi connectivity index (χ1) is 13.0. The van der Waals surface area contributed by atoms with Crippen molar-refractivity contribution in [2.24, 2.45) is 10.7 Å². The van der Waals surface area contributed by atoms with E-state index in [1.807, 2.05) is 30.3 Å². The second-order valence-electron chi connectivity index (χ2n) is 6.54. The van der Waals surface area contributed by atoms with E-state index >= 15 is 0 Å². The van der Waals surface area contributed by atoms with E-state index in [0.717, 1.165) is 41.7 Å². The second-order valence-corrected chi connectivity index (χ2v) is 6.98. The molecule has 150 valence electrons. The molecule has 28 heavy (non-hydrogen) atoms. The van der Waals surface area contributed by atoms with Gasteiger partial charge in [-0.2, -0.15) is 0 Å². The molecule has 3 rings (SSSR count). The standard InChI is InChI=1S/C20H24ClN5O.HI/c1-23-20(24-12-14-5-7-15(8-6-14)19(22)27)25-17-9-10-26(13-17)18-4-2-3-16(21)11-18;/h2-8,11,17H,9-10,12-13H2,1H3,(H2,22,27)(H2,23,24,25);1H. The van der Waals surface area contributed by atoms with Crippen molar-refractivity contribution in [3.8, 4) is 0 Å². The van der Waals surface area contributed by atoms with Crippen LogP contribution in [-0.2, 0) is 6.54 Å². The highest BCUT2D eigenvalue weighted by Crippen LogP contribution is 2.23. The van der Waals surface area contributed by atoms with E-state index < -0.39 is 5.91 Å². The van der Waals surface area contributed by atoms with Gasteiger partial charge in [0, 0.05) is 49.0 Å². The first kappa shape index (κ1) is 22.3. The summed E-state index contributed by atoms with van der Waals surface area (Å²) in [6, 6.07) is 15.5. The number of hydrogen-bond donors (Lipinski definition) is 3. The fourth-order valence-electron chi connectivity index (χ4n) is 3.15. The highest BCUT2D eigenvalue weighted by atomic mass is 127. The normalized spacial score (nSPS) is 16.4. The van der Waals surface area contributed by atoms with Gasteiger partial charge in [-0.25, -0.2) is 0 Å². The minimum atomic E-state index is -0.419. The number of primary amides is 1. The van der Waals surface area contributed by atoms with Crippen LogP contribution >= 0.6 is 35.6 Å². The number of halogens is 2. The molecule has 0 saturated carbocycles. The molecule has 1 fully saturated rings. The van der Waals surface area contributed by atoms with E-state index in [2.05, 4.69) is 26.6 Å². The van der Waals surface area contributed by atoms with Crippen LogP contribution in [0.4, 0.5) is 5.69 Å². The third-order valence-electron chi connectivity index (χ3n) is 4.62. The minimum absolute atomic E-state index is 0. The Hall–Kier alpha value is -2.00. The molecule has 0 spiro atoms. The van der Waals surface area contributed by atoms with Crippen molar-refractivity contribution in [1.29, 1.82) is 0 Å². The van der Waals surface area contributed by atoms with Gasteiger partial charge in [-0.15, -0.1) is 24.0 Å². The average Bonchev–Trinajstić information content (AvgIpc) is 3.14. The maximum absolute atomic E-state index is 11.1. The lowest BCUT2D eigenvalue weighted by Crippen LogP contribution is -2.44. The number of nitrogens with one attached hydrogen (secondary N) is 2. The number of amides is 1. The van der Waals surface area contributed by atoms with Crippen LogP contribution in [-0.4, -0.2) is 38.0 Å². The summed E-state index contributed by atoms with van der Waals surface area (Å²) in [6.45, 7) is 2.49. The zero-order valence-corrected chi connectivity index (χ0v) is 18.8. The Labute approximate surface area is 187 Å². The van der Waals surface area contributed by atoms with Gasteiger partial charge in [0.05, 0.1) is 0 Å². The van der Waals surface area contributed by atoms with E-state index in [0.29, 0.717) is 18.2 Å². The third-order valence-corrected chi connectivity index (χ3v) is 4.86. The van der Waals surface area contributed by atoms with Crippen LogP contribution in [0.25, 0.3) is 0 Å². The summed E-state index contributed by atoms with van der Waals surface area (Å²) >= 11 is 6.10. The molecule has 1 heterocycles. The molecule has 2 aromatic carbocycles. The van der Waals surface area contributed by atoms with Gasteiger partial charge in [0.25, 0.3) is 0 Å². The van der Waals surface area contributed by atoms with Crippen LogP contribution in [0.15, 0.2) is 53.5 Å². The van der Waals surface area contributed by atoms with Gasteiger partial charge in [0.1, 0.15) is 0 Å². The van der Waals surface area contributed by atoms with Gasteiger partial charge in [-0.1, -0.05) is 29.8 Å². The fourth-order valence-corrected chi connectivity index (χ4v) is 3.33. The van der Waals surface area contributed by atoms with Crippen LogP contribution in [0.3, 0.4) is 0 Å². The Morgan fingerprint density at radius 2 is 2.04 bits per heavy atom. The van der Waals surface area contributed by atoms with Gasteiger partial charge in [-0.3, -0.25) is 9.79 Å². The molecule has 1 amide bonds. The summed E-state index contributed by atoms with van der Waals surface area (Å²) in [4.78, 5) is 17.8. The Morgan fingerprint density at radius 3 is 2.68 bits per heavy atom. The second kappa shape index (κ2) is 10.5. The van der Waals surface area contributed by atoms with E-state index in [4.69, 9.17) is 17.3 Å². The van der Waals surface area contributed by atoms with E-state index in [-0.39, 0.29) is 24.0 Å². The number of carbonyl (C=O) groups is 1. The number of aliphatic imine (C=N–C) groups is 1. The number of nitrogens with zero attached hydrogens (tertiary/aromatic N) is 2. The van der Waals surface area contributed by atoms with Crippen LogP contribution in [0, 0.1) is 0 Å². The SMILES string of the molecule is CN=C(NCc1ccc(C(N)=O)cc1)NC1CCN(c2cccc(Cl)c2)C1.I. The van der Waals surface area contributed by atoms with Crippen LogP contribution in [0.1, 0.15) is 22.3 Å². The molecule has 1 aliphatic rings. The van der Waals surface area contributed by atoms with Crippen molar-refractivity contribution in [3.63, 3.8) is 0 Å². The first-order valence-electron chi connectivity index (χ1n) is 8.91. The summed E-state index contributed by atoms with van der Waals surface area (Å²) in [7, 11) is 1.76. The average molecular weight is 514 g/mol. The molecule has 1 atom stereocenters. The predicted octanol–water partition coefficient (Wildman–Crippen LogP) is 3.00. The van der Waals surface area contributed by atoms with Crippen LogP contribution < -0.4 is 21.3 Å². The van der Waals surface area contributed by atoms with E-state index in [1.54, 1.807) is 19.2 Å². The summed E-state index contributed by atoms with van der Waals surface area (Å²) in [5.74, 6) is 0.337. The smallest absolute Gasteiger partial charge is 0.248 e. The summed E-state index contributed by atoms with van der Waals surface area (Å²) in [5, 5.41) is 7.53. The Bertz CT molecular complexity index is 828. The summed E-state index contributed by atoms with van der Waals surface area (Å²) < 4.78 is 0. The lowest BCUT2D eigenvalue weighted by atomic mass is 10.1. The fraction of sp³-hybridized carbons (Fsp3) is 0.300. The largest absolute Gasteiger partial charge is 0.369 e. The third kappa shape index (κ3) is 6.00. The first-order valence-corrected chi connectivity index (χ1v) is 9.29. The molecule has 0 aromatic heterocycles. The molecule has 2 aromatic rings. The number of anilines is 1. The maximum atomic E-state index is 11.1. The van der Waals surface area contributed by atoms with E-state index in [1.165, 1.54) is 0 Å². The molecule has 1 unspecified atom stereocenters. The van der Waals surface area contributed by atoms with Crippen molar-refractivity contribution < 1.29 is 4.79 Å². The van der Waals surface area contributed by atoms with E-state index in [9.17, 15) is 4.79 Å². The lowest BCUT2D eigenvalue weighted by Gasteiger charge is -2.20. The monoisotopic (exact) mass is 513 g/mol. The number of rotatable bonds is 5. The molecule has 4 N–H and O–H groups in total. The molecule has 0 bridgehead atoms. The van der Waals surface area contributed by atoms with Crippen molar-refractivity contribution in [2.75, 3.05) is 25.0 Å². The van der Waals surface area contributed by atoms with Crippen molar-refractivity contribution >= 4 is 53.1 Å². The number of benzene rings is 2. The molecule has 0 aliphatic carbocycles. The Balaban J connectivity index is 0.00000280. The summed E-state index contributed by atoms with van der Waals surface area (Å²) in [5.41, 5.74) is 7.97. The van der Waals surface area contributed by atoms with Crippen LogP contribution in [0.5, 0.6) is 0 Å². The molecule has 1 saturated heterocycles. The van der Waals surface area contributed by atoms with Crippen molar-refractivity contribution in [1.82, 2.24) is 10.6 Å². The number of hydrogen-bond acceptors (Lipinski definition) is 3. The number of carbonyl (C=O) groups excluding carboxylic acids is 1. The molecule has 8 heteroatoms. The predicted molar refractivity (Wildman–Crippen MR) is 126 cm³/mol. The van der Waals surface area contributed by atoms with Gasteiger partial charge in [0.2, 0.25) is 5.91 Å². The number of nitrogens with two attached hydrogens (primary N) is 1. The molecule has 0 radical (unpaired) electrons. The van der Waals surface area contributed by atoms with Gasteiger partial charge in [0.15, 0.2) is 5.96 Å². The van der Waals surface area contributed by atoms with Gasteiger partial charge < -0.3 is 21.3 Å². The van der Waals surface area contributed by atoms with Gasteiger partial charge in [-0.05, 0) is 42.3 Å². The lowest BCUT2D eigenvalue weighted by molar-refractivity contribution is 0.100. The zero-order chi connectivity index (χ0) is 19.2. The molecular formula is C20H25ClIN5O. The van der Waals surface area contributed by atoms with Crippen molar-refractivity contribution in [3.05, 3.63) is 64.7 Å². The topological polar surface area (TPSA) is 82.7 Å². The minimum Gasteiger partial charge on any atom is -0.369 e. The Morgan fingerprint density at radius 1 is 1.29 bits per heavy atom. The zero-order valence-electron chi connectivity index (χ0n) is 15.7. The highest BCUT2D eigenvalue weighted by Gasteiger charge is 2.23. The highest BCUT2D eigenvalue weighted by molar-refractivity contribution is 14.0. The maximum Gasteiger partial charge on any atom is 0.248 e. The quantitative estimate of drug-likeness (QED) is 0.326. The van der Waals surface area contributed by atoms with Crippen LogP contribution in [0.2, 0.25) is 5.02 Å². The number of guanidine groups is 1. The molecule has 6 nitrogen and oxygen atoms in total. The van der Waals surface area contributed by atoms with Crippen molar-refractivity contribution in [2.45, 2.75) is 19.0 Å². The molecular weight excluding hydrogens is 489 g/mol.